The number of carbonyl (C=O) groups is 3. The second-order valence-electron chi connectivity index (χ2n) is 8.41. The summed E-state index contributed by atoms with van der Waals surface area (Å²) in [6, 6.07) is 10.7. The molecule has 0 radical (unpaired) electrons. The van der Waals surface area contributed by atoms with Gasteiger partial charge in [0.15, 0.2) is 0 Å². The molecule has 184 valence electrons. The quantitative estimate of drug-likeness (QED) is 0.439. The summed E-state index contributed by atoms with van der Waals surface area (Å²) < 4.78 is 12.9. The molecule has 3 N–H and O–H groups in total. The van der Waals surface area contributed by atoms with Crippen LogP contribution in [0.4, 0.5) is 14.9 Å². The van der Waals surface area contributed by atoms with Crippen LogP contribution in [0.5, 0.6) is 0 Å². The van der Waals surface area contributed by atoms with E-state index in [1.165, 1.54) is 28.0 Å². The van der Waals surface area contributed by atoms with Gasteiger partial charge in [0.2, 0.25) is 0 Å². The maximum Gasteiger partial charge on any atom is 0.319 e. The molecule has 0 saturated carbocycles. The van der Waals surface area contributed by atoms with Crippen LogP contribution in [0.25, 0.3) is 0 Å². The number of hydrogen-bond donors (Lipinski definition) is 3. The molecule has 0 bridgehead atoms. The molecule has 0 aliphatic rings. The molecular formula is C25H34FN5O3. The van der Waals surface area contributed by atoms with E-state index in [-0.39, 0.29) is 17.6 Å². The highest BCUT2D eigenvalue weighted by Crippen LogP contribution is 2.17. The van der Waals surface area contributed by atoms with Gasteiger partial charge in [-0.2, -0.15) is 0 Å². The Hall–Kier alpha value is -3.46. The first-order chi connectivity index (χ1) is 16.2. The summed E-state index contributed by atoms with van der Waals surface area (Å²) in [5.74, 6) is -0.752. The molecule has 0 heterocycles. The third-order valence-electron chi connectivity index (χ3n) is 5.07. The number of nitrogens with zero attached hydrogens (tertiary/aromatic N) is 2. The zero-order valence-corrected chi connectivity index (χ0v) is 20.3. The van der Waals surface area contributed by atoms with E-state index in [0.717, 1.165) is 37.9 Å². The summed E-state index contributed by atoms with van der Waals surface area (Å²) in [6.07, 6.45) is 2.51. The van der Waals surface area contributed by atoms with Gasteiger partial charge in [0.25, 0.3) is 11.8 Å². The van der Waals surface area contributed by atoms with Gasteiger partial charge in [-0.3, -0.25) is 9.59 Å². The lowest BCUT2D eigenvalue weighted by Crippen LogP contribution is -2.30. The number of rotatable bonds is 11. The minimum atomic E-state index is -0.401. The fourth-order valence-electron chi connectivity index (χ4n) is 3.22. The first-order valence-electron chi connectivity index (χ1n) is 11.3. The molecule has 0 aliphatic carbocycles. The summed E-state index contributed by atoms with van der Waals surface area (Å²) >= 11 is 0. The number of nitrogens with one attached hydrogen (secondary N) is 3. The predicted octanol–water partition coefficient (Wildman–Crippen LogP) is 2.96. The van der Waals surface area contributed by atoms with Crippen molar-refractivity contribution in [3.8, 4) is 0 Å². The second-order valence-corrected chi connectivity index (χ2v) is 8.41. The molecule has 0 unspecified atom stereocenters. The van der Waals surface area contributed by atoms with Gasteiger partial charge in [0.05, 0.1) is 0 Å². The Morgan fingerprint density at radius 2 is 1.35 bits per heavy atom. The van der Waals surface area contributed by atoms with E-state index in [1.807, 2.05) is 0 Å². The smallest absolute Gasteiger partial charge is 0.319 e. The van der Waals surface area contributed by atoms with Gasteiger partial charge in [-0.05, 0) is 68.2 Å². The second kappa shape index (κ2) is 13.3. The monoisotopic (exact) mass is 471 g/mol. The summed E-state index contributed by atoms with van der Waals surface area (Å²) in [4.78, 5) is 39.9. The number of benzene rings is 2. The maximum absolute atomic E-state index is 12.9. The molecule has 0 aromatic heterocycles. The van der Waals surface area contributed by atoms with E-state index in [9.17, 15) is 18.8 Å². The van der Waals surface area contributed by atoms with Gasteiger partial charge in [-0.1, -0.05) is 12.1 Å². The van der Waals surface area contributed by atoms with Crippen LogP contribution >= 0.6 is 0 Å². The Morgan fingerprint density at radius 3 is 1.91 bits per heavy atom. The highest BCUT2D eigenvalue weighted by Gasteiger charge is 2.16. The lowest BCUT2D eigenvalue weighted by atomic mass is 10.1. The fraction of sp³-hybridized carbons (Fsp3) is 0.400. The molecule has 0 atom stereocenters. The van der Waals surface area contributed by atoms with Gasteiger partial charge < -0.3 is 25.8 Å². The molecule has 2 aromatic rings. The topological polar surface area (TPSA) is 93.8 Å². The predicted molar refractivity (Wildman–Crippen MR) is 132 cm³/mol. The Bertz CT molecular complexity index is 939. The third-order valence-corrected chi connectivity index (χ3v) is 5.07. The number of anilines is 1. The molecule has 0 spiro atoms. The normalized spacial score (nSPS) is 10.5. The number of hydrogen-bond acceptors (Lipinski definition) is 4. The first-order valence-corrected chi connectivity index (χ1v) is 11.3. The van der Waals surface area contributed by atoms with E-state index in [1.54, 1.807) is 52.5 Å². The van der Waals surface area contributed by atoms with Crippen LogP contribution in [0.15, 0.2) is 42.5 Å². The van der Waals surface area contributed by atoms with Gasteiger partial charge in [0, 0.05) is 51.5 Å². The Balaban J connectivity index is 1.76. The lowest BCUT2D eigenvalue weighted by molar-refractivity contribution is 0.0826. The molecular weight excluding hydrogens is 437 g/mol. The van der Waals surface area contributed by atoms with Crippen molar-refractivity contribution >= 4 is 23.5 Å². The first kappa shape index (κ1) is 26.8. The Labute approximate surface area is 200 Å². The Morgan fingerprint density at radius 1 is 0.794 bits per heavy atom. The van der Waals surface area contributed by atoms with Crippen molar-refractivity contribution in [1.82, 2.24) is 20.4 Å². The number of unbranched alkanes of at least 4 members (excludes halogenated alkanes) is 1. The minimum absolute atomic E-state index is 0.231. The molecule has 0 saturated heterocycles. The summed E-state index contributed by atoms with van der Waals surface area (Å²) in [5, 5.41) is 8.84. The molecule has 34 heavy (non-hydrogen) atoms. The zero-order valence-electron chi connectivity index (χ0n) is 20.3. The molecule has 0 fully saturated rings. The molecule has 2 rings (SSSR count). The van der Waals surface area contributed by atoms with E-state index in [2.05, 4.69) is 16.0 Å². The average Bonchev–Trinajstić information content (AvgIpc) is 2.80. The minimum Gasteiger partial charge on any atom is -0.345 e. The molecule has 4 amide bonds. The molecule has 8 nitrogen and oxygen atoms in total. The molecule has 9 heteroatoms. The lowest BCUT2D eigenvalue weighted by Gasteiger charge is -2.16. The largest absolute Gasteiger partial charge is 0.345 e. The SMILES string of the molecule is CN(C)C(=O)c1cc(NC(=O)NCCCCNCCc2ccc(F)cc2)cc(C(=O)N(C)C)c1. The molecule has 2 aromatic carbocycles. The van der Waals surface area contributed by atoms with E-state index in [0.29, 0.717) is 23.4 Å². The number of urea groups is 1. The summed E-state index contributed by atoms with van der Waals surface area (Å²) in [7, 11) is 6.50. The highest BCUT2D eigenvalue weighted by atomic mass is 19.1. The van der Waals surface area contributed by atoms with Crippen molar-refractivity contribution in [1.29, 1.82) is 0 Å². The van der Waals surface area contributed by atoms with Gasteiger partial charge in [-0.15, -0.1) is 0 Å². The van der Waals surface area contributed by atoms with Crippen LogP contribution in [0.1, 0.15) is 39.1 Å². The third kappa shape index (κ3) is 8.82. The summed E-state index contributed by atoms with van der Waals surface area (Å²) in [6.45, 7) is 2.11. The van der Waals surface area contributed by atoms with Crippen LogP contribution < -0.4 is 16.0 Å². The summed E-state index contributed by atoms with van der Waals surface area (Å²) in [5.41, 5.74) is 2.09. The fourth-order valence-corrected chi connectivity index (χ4v) is 3.22. The van der Waals surface area contributed by atoms with Gasteiger partial charge in [-0.25, -0.2) is 9.18 Å². The van der Waals surface area contributed by atoms with Crippen LogP contribution in [0, 0.1) is 5.82 Å². The van der Waals surface area contributed by atoms with Crippen molar-refractivity contribution in [2.45, 2.75) is 19.3 Å². The number of amides is 4. The van der Waals surface area contributed by atoms with Gasteiger partial charge >= 0.3 is 6.03 Å². The zero-order chi connectivity index (χ0) is 25.1. The Kier molecular flexibility index (Phi) is 10.5. The van der Waals surface area contributed by atoms with Crippen molar-refractivity contribution in [2.75, 3.05) is 53.1 Å². The van der Waals surface area contributed by atoms with Crippen molar-refractivity contribution in [2.24, 2.45) is 0 Å². The van der Waals surface area contributed by atoms with Crippen LogP contribution in [-0.4, -0.2) is 75.5 Å². The van der Waals surface area contributed by atoms with Gasteiger partial charge in [0.1, 0.15) is 5.82 Å². The van der Waals surface area contributed by atoms with Crippen LogP contribution in [-0.2, 0) is 6.42 Å². The van der Waals surface area contributed by atoms with Crippen molar-refractivity contribution in [3.63, 3.8) is 0 Å². The van der Waals surface area contributed by atoms with Crippen LogP contribution in [0.2, 0.25) is 0 Å². The van der Waals surface area contributed by atoms with E-state index in [4.69, 9.17) is 0 Å². The average molecular weight is 472 g/mol. The van der Waals surface area contributed by atoms with Crippen molar-refractivity contribution in [3.05, 3.63) is 65.0 Å². The van der Waals surface area contributed by atoms with Crippen LogP contribution in [0.3, 0.4) is 0 Å². The molecule has 0 aliphatic heterocycles. The van der Waals surface area contributed by atoms with Crippen molar-refractivity contribution < 1.29 is 18.8 Å². The number of carbonyl (C=O) groups excluding carboxylic acids is 3. The standard InChI is InChI=1S/C25H34FN5O3/c1-30(2)23(32)19-15-20(24(33)31(3)4)17-22(16-19)29-25(34)28-13-6-5-12-27-14-11-18-7-9-21(26)10-8-18/h7-10,15-17,27H,5-6,11-14H2,1-4H3,(H2,28,29,34). The number of halogens is 1. The highest BCUT2D eigenvalue weighted by molar-refractivity contribution is 6.02. The maximum atomic E-state index is 12.9. The van der Waals surface area contributed by atoms with E-state index >= 15 is 0 Å². The van der Waals surface area contributed by atoms with E-state index < -0.39 is 6.03 Å².